The number of rotatable bonds is 4. The normalized spacial score (nSPS) is 31.4. The average molecular weight is 347 g/mol. The maximum absolute atomic E-state index is 9.77. The van der Waals surface area contributed by atoms with Crippen LogP contribution in [0.5, 0.6) is 11.5 Å². The quantitative estimate of drug-likeness (QED) is 0.860. The summed E-state index contributed by atoms with van der Waals surface area (Å²) in [6, 6.07) is 2.21. The number of ether oxygens (including phenoxy) is 2. The van der Waals surface area contributed by atoms with Crippen molar-refractivity contribution in [2.24, 2.45) is 17.8 Å². The molecule has 0 radical (unpaired) electrons. The van der Waals surface area contributed by atoms with Crippen molar-refractivity contribution in [2.75, 3.05) is 20.8 Å². The fraction of sp³-hybridized carbons (Fsp3) is 0.727. The van der Waals surface area contributed by atoms with Gasteiger partial charge >= 0.3 is 0 Å². The van der Waals surface area contributed by atoms with Crippen LogP contribution in [0.2, 0.25) is 0 Å². The van der Waals surface area contributed by atoms with E-state index in [2.05, 4.69) is 33.8 Å². The second kappa shape index (κ2) is 6.83. The fourth-order valence-corrected chi connectivity index (χ4v) is 5.70. The molecule has 2 aliphatic rings. The molecule has 4 unspecified atom stereocenters. The highest BCUT2D eigenvalue weighted by Gasteiger charge is 2.50. The molecule has 1 saturated carbocycles. The molecule has 2 aliphatic carbocycles. The van der Waals surface area contributed by atoms with E-state index in [9.17, 15) is 5.11 Å². The summed E-state index contributed by atoms with van der Waals surface area (Å²) in [5.41, 5.74) is 4.08. The van der Waals surface area contributed by atoms with Gasteiger partial charge in [-0.2, -0.15) is 0 Å². The third-order valence-electron chi connectivity index (χ3n) is 7.16. The molecule has 1 aromatic rings. The van der Waals surface area contributed by atoms with Crippen LogP contribution < -0.4 is 9.47 Å². The van der Waals surface area contributed by atoms with E-state index < -0.39 is 0 Å². The van der Waals surface area contributed by atoms with E-state index in [0.29, 0.717) is 30.3 Å². The van der Waals surface area contributed by atoms with Crippen LogP contribution in [0.4, 0.5) is 0 Å². The van der Waals surface area contributed by atoms with Gasteiger partial charge in [0.1, 0.15) is 11.5 Å². The summed E-state index contributed by atoms with van der Waals surface area (Å²) in [5.74, 6) is 4.07. The first-order chi connectivity index (χ1) is 11.9. The van der Waals surface area contributed by atoms with Gasteiger partial charge in [-0.05, 0) is 60.8 Å². The van der Waals surface area contributed by atoms with Crippen LogP contribution in [0, 0.1) is 17.8 Å². The van der Waals surface area contributed by atoms with Gasteiger partial charge in [0.05, 0.1) is 14.2 Å². The van der Waals surface area contributed by atoms with Crippen molar-refractivity contribution in [1.82, 2.24) is 0 Å². The van der Waals surface area contributed by atoms with E-state index >= 15 is 0 Å². The van der Waals surface area contributed by atoms with Gasteiger partial charge in [-0.3, -0.25) is 0 Å². The number of benzene rings is 1. The molecule has 0 spiro atoms. The zero-order valence-corrected chi connectivity index (χ0v) is 16.7. The van der Waals surface area contributed by atoms with Crippen molar-refractivity contribution in [3.05, 3.63) is 22.8 Å². The van der Waals surface area contributed by atoms with Gasteiger partial charge in [0.15, 0.2) is 0 Å². The molecule has 0 aromatic heterocycles. The first kappa shape index (κ1) is 18.6. The lowest BCUT2D eigenvalue weighted by Crippen LogP contribution is -2.47. The SMILES string of the molecule is COc1cc(C(C)C)c(OC)c2c1C1(C)CCC(CO)C(C)C1CC2. The third-order valence-corrected chi connectivity index (χ3v) is 7.16. The monoisotopic (exact) mass is 346 g/mol. The average Bonchev–Trinajstić information content (AvgIpc) is 2.60. The zero-order chi connectivity index (χ0) is 18.4. The highest BCUT2D eigenvalue weighted by Crippen LogP contribution is 2.58. The number of aliphatic hydroxyl groups is 1. The zero-order valence-electron chi connectivity index (χ0n) is 16.7. The van der Waals surface area contributed by atoms with Gasteiger partial charge in [-0.15, -0.1) is 0 Å². The van der Waals surface area contributed by atoms with Crippen LogP contribution in [0.15, 0.2) is 6.07 Å². The predicted octanol–water partition coefficient (Wildman–Crippen LogP) is 4.69. The van der Waals surface area contributed by atoms with E-state index in [4.69, 9.17) is 9.47 Å². The Labute approximate surface area is 152 Å². The molecule has 140 valence electrons. The van der Waals surface area contributed by atoms with Crippen LogP contribution in [-0.4, -0.2) is 25.9 Å². The molecule has 0 saturated heterocycles. The van der Waals surface area contributed by atoms with E-state index in [1.54, 1.807) is 14.2 Å². The largest absolute Gasteiger partial charge is 0.496 e. The molecule has 0 bridgehead atoms. The standard InChI is InChI=1S/C22H34O3/c1-13(2)17-11-19(24-5)20-16(21(17)25-6)7-8-18-14(3)15(12-23)9-10-22(18,20)4/h11,13-15,18,23H,7-10,12H2,1-6H3. The van der Waals surface area contributed by atoms with Gasteiger partial charge in [0.2, 0.25) is 0 Å². The number of aliphatic hydroxyl groups excluding tert-OH is 1. The summed E-state index contributed by atoms with van der Waals surface area (Å²) in [7, 11) is 3.59. The third kappa shape index (κ3) is 2.75. The summed E-state index contributed by atoms with van der Waals surface area (Å²) >= 11 is 0. The van der Waals surface area contributed by atoms with Gasteiger partial charge < -0.3 is 14.6 Å². The molecular formula is C22H34O3. The molecule has 3 heteroatoms. The van der Waals surface area contributed by atoms with Gasteiger partial charge in [0.25, 0.3) is 0 Å². The maximum atomic E-state index is 9.77. The molecule has 1 aromatic carbocycles. The second-order valence-corrected chi connectivity index (χ2v) is 8.61. The lowest BCUT2D eigenvalue weighted by molar-refractivity contribution is 0.0334. The topological polar surface area (TPSA) is 38.7 Å². The Kier molecular flexibility index (Phi) is 5.07. The van der Waals surface area contributed by atoms with Crippen LogP contribution in [0.1, 0.15) is 69.6 Å². The van der Waals surface area contributed by atoms with Crippen molar-refractivity contribution in [2.45, 2.75) is 64.7 Å². The molecule has 3 nitrogen and oxygen atoms in total. The molecule has 1 N–H and O–H groups in total. The second-order valence-electron chi connectivity index (χ2n) is 8.61. The van der Waals surface area contributed by atoms with Crippen LogP contribution in [-0.2, 0) is 11.8 Å². The molecule has 0 heterocycles. The van der Waals surface area contributed by atoms with Crippen molar-refractivity contribution in [3.8, 4) is 11.5 Å². The number of hydrogen-bond donors (Lipinski definition) is 1. The number of methoxy groups -OCH3 is 2. The Bertz CT molecular complexity index is 637. The van der Waals surface area contributed by atoms with Crippen molar-refractivity contribution < 1.29 is 14.6 Å². The van der Waals surface area contributed by atoms with Crippen LogP contribution in [0.25, 0.3) is 0 Å². The lowest BCUT2D eigenvalue weighted by Gasteiger charge is -2.52. The molecule has 25 heavy (non-hydrogen) atoms. The fourth-order valence-electron chi connectivity index (χ4n) is 5.70. The van der Waals surface area contributed by atoms with E-state index in [0.717, 1.165) is 30.8 Å². The molecule has 0 aliphatic heterocycles. The molecule has 4 atom stereocenters. The smallest absolute Gasteiger partial charge is 0.126 e. The Morgan fingerprint density at radius 1 is 1.24 bits per heavy atom. The van der Waals surface area contributed by atoms with Gasteiger partial charge in [-0.25, -0.2) is 0 Å². The van der Waals surface area contributed by atoms with E-state index in [-0.39, 0.29) is 5.41 Å². The van der Waals surface area contributed by atoms with Gasteiger partial charge in [0, 0.05) is 23.3 Å². The molecule has 1 fully saturated rings. The first-order valence-corrected chi connectivity index (χ1v) is 9.78. The van der Waals surface area contributed by atoms with E-state index in [1.807, 2.05) is 0 Å². The van der Waals surface area contributed by atoms with Gasteiger partial charge in [-0.1, -0.05) is 27.7 Å². The van der Waals surface area contributed by atoms with Crippen molar-refractivity contribution in [3.63, 3.8) is 0 Å². The summed E-state index contributed by atoms with van der Waals surface area (Å²) in [4.78, 5) is 0. The van der Waals surface area contributed by atoms with Crippen molar-refractivity contribution in [1.29, 1.82) is 0 Å². The summed E-state index contributed by atoms with van der Waals surface area (Å²) in [6.07, 6.45) is 4.41. The Morgan fingerprint density at radius 3 is 2.52 bits per heavy atom. The van der Waals surface area contributed by atoms with E-state index in [1.165, 1.54) is 23.1 Å². The molecular weight excluding hydrogens is 312 g/mol. The summed E-state index contributed by atoms with van der Waals surface area (Å²) in [5, 5.41) is 9.77. The lowest BCUT2D eigenvalue weighted by atomic mass is 9.52. The molecule has 3 rings (SSSR count). The van der Waals surface area contributed by atoms with Crippen LogP contribution in [0.3, 0.4) is 0 Å². The minimum atomic E-state index is 0.104. The minimum Gasteiger partial charge on any atom is -0.496 e. The summed E-state index contributed by atoms with van der Waals surface area (Å²) in [6.45, 7) is 9.49. The minimum absolute atomic E-state index is 0.104. The Hall–Kier alpha value is -1.22. The first-order valence-electron chi connectivity index (χ1n) is 9.78. The Morgan fingerprint density at radius 2 is 1.96 bits per heavy atom. The summed E-state index contributed by atoms with van der Waals surface area (Å²) < 4.78 is 11.8. The predicted molar refractivity (Wildman–Crippen MR) is 102 cm³/mol. The number of hydrogen-bond acceptors (Lipinski definition) is 3. The number of fused-ring (bicyclic) bond motifs is 3. The van der Waals surface area contributed by atoms with Crippen molar-refractivity contribution >= 4 is 0 Å². The highest BCUT2D eigenvalue weighted by atomic mass is 16.5. The van der Waals surface area contributed by atoms with Crippen LogP contribution >= 0.6 is 0 Å². The molecule has 0 amide bonds. The maximum Gasteiger partial charge on any atom is 0.126 e. The Balaban J connectivity index is 2.19. The highest BCUT2D eigenvalue weighted by molar-refractivity contribution is 5.59.